The number of fused-ring (bicyclic) bond motifs is 1. The first-order chi connectivity index (χ1) is 9.31. The van der Waals surface area contributed by atoms with Crippen molar-refractivity contribution in [2.24, 2.45) is 0 Å². The van der Waals surface area contributed by atoms with Gasteiger partial charge in [-0.25, -0.2) is 0 Å². The summed E-state index contributed by atoms with van der Waals surface area (Å²) in [4.78, 5) is 5.73. The lowest BCUT2D eigenvalue weighted by Crippen LogP contribution is -2.27. The zero-order valence-corrected chi connectivity index (χ0v) is 11.1. The topological polar surface area (TPSA) is 42.8 Å². The molecule has 0 radical (unpaired) electrons. The molecule has 0 fully saturated rings. The molecule has 3 heteroatoms. The van der Waals surface area contributed by atoms with Crippen molar-refractivity contribution in [3.63, 3.8) is 0 Å². The number of aromatic nitrogens is 1. The average Bonchev–Trinajstić information content (AvgIpc) is 2.90. The lowest BCUT2D eigenvalue weighted by molar-refractivity contribution is 0.319. The maximum atomic E-state index is 9.02. The Morgan fingerprint density at radius 3 is 3.00 bits per heavy atom. The van der Waals surface area contributed by atoms with Crippen molar-refractivity contribution < 1.29 is 0 Å². The van der Waals surface area contributed by atoms with Crippen LogP contribution in [0.2, 0.25) is 0 Å². The van der Waals surface area contributed by atoms with Gasteiger partial charge in [-0.1, -0.05) is 13.0 Å². The van der Waals surface area contributed by atoms with Crippen molar-refractivity contribution in [3.8, 4) is 6.07 Å². The molecule has 96 valence electrons. The molecule has 1 aromatic heterocycles. The SMILES string of the molecule is CCN1CC=C(c2c[nH]c3ccc(C#N)cc23)CC1. The van der Waals surface area contributed by atoms with Crippen molar-refractivity contribution in [2.75, 3.05) is 19.6 Å². The third-order valence-electron chi connectivity index (χ3n) is 3.90. The number of hydrogen-bond acceptors (Lipinski definition) is 2. The van der Waals surface area contributed by atoms with Crippen LogP contribution in [0.4, 0.5) is 0 Å². The molecule has 0 spiro atoms. The summed E-state index contributed by atoms with van der Waals surface area (Å²) in [5.74, 6) is 0. The monoisotopic (exact) mass is 251 g/mol. The summed E-state index contributed by atoms with van der Waals surface area (Å²) < 4.78 is 0. The third kappa shape index (κ3) is 2.16. The molecule has 0 aliphatic carbocycles. The summed E-state index contributed by atoms with van der Waals surface area (Å²) in [5.41, 5.74) is 4.47. The highest BCUT2D eigenvalue weighted by Gasteiger charge is 2.14. The number of hydrogen-bond donors (Lipinski definition) is 1. The fraction of sp³-hybridized carbons (Fsp3) is 0.312. The minimum Gasteiger partial charge on any atom is -0.361 e. The number of nitriles is 1. The Morgan fingerprint density at radius 1 is 1.42 bits per heavy atom. The minimum atomic E-state index is 0.722. The van der Waals surface area contributed by atoms with Gasteiger partial charge in [0.05, 0.1) is 11.6 Å². The normalized spacial score (nSPS) is 16.3. The molecule has 0 atom stereocenters. The first kappa shape index (κ1) is 12.0. The second kappa shape index (κ2) is 4.91. The standard InChI is InChI=1S/C16H17N3/c1-2-19-7-5-13(6-8-19)15-11-18-16-4-3-12(10-17)9-14(15)16/h3-5,9,11,18H,2,6-8H2,1H3. The van der Waals surface area contributed by atoms with Gasteiger partial charge in [0.25, 0.3) is 0 Å². The summed E-state index contributed by atoms with van der Waals surface area (Å²) >= 11 is 0. The summed E-state index contributed by atoms with van der Waals surface area (Å²) in [7, 11) is 0. The summed E-state index contributed by atoms with van der Waals surface area (Å²) in [6, 6.07) is 8.04. The Labute approximate surface area is 113 Å². The first-order valence-electron chi connectivity index (χ1n) is 6.75. The van der Waals surface area contributed by atoms with Crippen molar-refractivity contribution in [1.29, 1.82) is 5.26 Å². The van der Waals surface area contributed by atoms with Gasteiger partial charge in [-0.05, 0) is 36.7 Å². The zero-order valence-electron chi connectivity index (χ0n) is 11.1. The number of benzene rings is 1. The van der Waals surface area contributed by atoms with E-state index in [2.05, 4.69) is 35.1 Å². The van der Waals surface area contributed by atoms with Crippen LogP contribution in [0.1, 0.15) is 24.5 Å². The number of H-pyrrole nitrogens is 1. The predicted molar refractivity (Wildman–Crippen MR) is 77.7 cm³/mol. The first-order valence-corrected chi connectivity index (χ1v) is 6.75. The van der Waals surface area contributed by atoms with Crippen molar-refractivity contribution in [1.82, 2.24) is 9.88 Å². The van der Waals surface area contributed by atoms with Crippen LogP contribution < -0.4 is 0 Å². The molecule has 1 N–H and O–H groups in total. The van der Waals surface area contributed by atoms with E-state index in [1.165, 1.54) is 11.1 Å². The van der Waals surface area contributed by atoms with Crippen LogP contribution in [0.3, 0.4) is 0 Å². The highest BCUT2D eigenvalue weighted by atomic mass is 15.1. The molecule has 19 heavy (non-hydrogen) atoms. The second-order valence-corrected chi connectivity index (χ2v) is 4.95. The summed E-state index contributed by atoms with van der Waals surface area (Å²) in [5, 5.41) is 10.2. The van der Waals surface area contributed by atoms with Gasteiger partial charge in [0.15, 0.2) is 0 Å². The smallest absolute Gasteiger partial charge is 0.0991 e. The molecule has 0 amide bonds. The molecule has 3 nitrogen and oxygen atoms in total. The minimum absolute atomic E-state index is 0.722. The quantitative estimate of drug-likeness (QED) is 0.891. The van der Waals surface area contributed by atoms with Crippen LogP contribution in [0.15, 0.2) is 30.5 Å². The molecule has 0 unspecified atom stereocenters. The van der Waals surface area contributed by atoms with E-state index in [4.69, 9.17) is 5.26 Å². The molecule has 2 heterocycles. The van der Waals surface area contributed by atoms with E-state index in [0.29, 0.717) is 0 Å². The van der Waals surface area contributed by atoms with Gasteiger partial charge in [0.2, 0.25) is 0 Å². The Bertz CT molecular complexity index is 673. The summed E-state index contributed by atoms with van der Waals surface area (Å²) in [6.07, 6.45) is 5.46. The Morgan fingerprint density at radius 2 is 2.32 bits per heavy atom. The Hall–Kier alpha value is -2.05. The molecule has 0 bridgehead atoms. The maximum absolute atomic E-state index is 9.02. The molecule has 2 aromatic rings. The van der Waals surface area contributed by atoms with E-state index < -0.39 is 0 Å². The highest BCUT2D eigenvalue weighted by Crippen LogP contribution is 2.29. The van der Waals surface area contributed by atoms with Crippen molar-refractivity contribution in [3.05, 3.63) is 41.6 Å². The fourth-order valence-corrected chi connectivity index (χ4v) is 2.70. The molecule has 1 aromatic carbocycles. The van der Waals surface area contributed by atoms with E-state index in [0.717, 1.165) is 42.5 Å². The lowest BCUT2D eigenvalue weighted by Gasteiger charge is -2.24. The molecule has 1 aliphatic rings. The average molecular weight is 251 g/mol. The van der Waals surface area contributed by atoms with E-state index >= 15 is 0 Å². The van der Waals surface area contributed by atoms with Gasteiger partial charge in [-0.3, -0.25) is 4.90 Å². The second-order valence-electron chi connectivity index (χ2n) is 4.95. The number of aromatic amines is 1. The van der Waals surface area contributed by atoms with Gasteiger partial charge in [0.1, 0.15) is 0 Å². The van der Waals surface area contributed by atoms with Crippen LogP contribution in [-0.4, -0.2) is 29.5 Å². The summed E-state index contributed by atoms with van der Waals surface area (Å²) in [6.45, 7) is 5.45. The largest absolute Gasteiger partial charge is 0.361 e. The van der Waals surface area contributed by atoms with Crippen LogP contribution >= 0.6 is 0 Å². The lowest BCUT2D eigenvalue weighted by atomic mass is 9.98. The van der Waals surface area contributed by atoms with Gasteiger partial charge < -0.3 is 4.98 Å². The Kier molecular flexibility index (Phi) is 3.10. The molecular formula is C16H17N3. The van der Waals surface area contributed by atoms with Gasteiger partial charge in [0, 0.05) is 35.8 Å². The molecule has 3 rings (SSSR count). The van der Waals surface area contributed by atoms with E-state index in [-0.39, 0.29) is 0 Å². The van der Waals surface area contributed by atoms with E-state index in [1.54, 1.807) is 0 Å². The van der Waals surface area contributed by atoms with Crippen LogP contribution in [0.25, 0.3) is 16.5 Å². The van der Waals surface area contributed by atoms with Crippen molar-refractivity contribution in [2.45, 2.75) is 13.3 Å². The van der Waals surface area contributed by atoms with Gasteiger partial charge >= 0.3 is 0 Å². The maximum Gasteiger partial charge on any atom is 0.0991 e. The van der Waals surface area contributed by atoms with Crippen LogP contribution in [0.5, 0.6) is 0 Å². The van der Waals surface area contributed by atoms with Crippen LogP contribution in [-0.2, 0) is 0 Å². The number of nitrogens with one attached hydrogen (secondary N) is 1. The molecule has 0 saturated carbocycles. The highest BCUT2D eigenvalue weighted by molar-refractivity contribution is 5.93. The van der Waals surface area contributed by atoms with Gasteiger partial charge in [-0.15, -0.1) is 0 Å². The number of nitrogens with zero attached hydrogens (tertiary/aromatic N) is 2. The predicted octanol–water partition coefficient (Wildman–Crippen LogP) is 3.15. The van der Waals surface area contributed by atoms with E-state index in [1.807, 2.05) is 18.2 Å². The zero-order chi connectivity index (χ0) is 13.2. The van der Waals surface area contributed by atoms with Crippen LogP contribution in [0, 0.1) is 11.3 Å². The molecular weight excluding hydrogens is 234 g/mol. The van der Waals surface area contributed by atoms with Gasteiger partial charge in [-0.2, -0.15) is 5.26 Å². The van der Waals surface area contributed by atoms with Crippen molar-refractivity contribution >= 4 is 16.5 Å². The fourth-order valence-electron chi connectivity index (χ4n) is 2.70. The number of rotatable bonds is 2. The third-order valence-corrected chi connectivity index (χ3v) is 3.90. The molecule has 0 saturated heterocycles. The number of likely N-dealkylation sites (N-methyl/N-ethyl adjacent to an activating group) is 1. The Balaban J connectivity index is 2.02. The molecule has 1 aliphatic heterocycles. The van der Waals surface area contributed by atoms with E-state index in [9.17, 15) is 0 Å².